The van der Waals surface area contributed by atoms with Crippen molar-refractivity contribution >= 4 is 10.1 Å². The van der Waals surface area contributed by atoms with Gasteiger partial charge < -0.3 is 9.47 Å². The molecule has 1 saturated heterocycles. The Bertz CT molecular complexity index is 362. The lowest BCUT2D eigenvalue weighted by molar-refractivity contribution is -0.139. The van der Waals surface area contributed by atoms with E-state index in [1.807, 2.05) is 0 Å². The monoisotopic (exact) mass is 278 g/mol. The number of ether oxygens (including phenoxy) is 2. The van der Waals surface area contributed by atoms with Crippen molar-refractivity contribution in [2.75, 3.05) is 13.2 Å². The molecule has 1 fully saturated rings. The molecule has 0 aromatic carbocycles. The van der Waals surface area contributed by atoms with Crippen LogP contribution in [0.15, 0.2) is 0 Å². The average molecular weight is 278 g/mol. The van der Waals surface area contributed by atoms with Gasteiger partial charge in [0.2, 0.25) is 0 Å². The van der Waals surface area contributed by atoms with Gasteiger partial charge in [-0.05, 0) is 13.8 Å². The maximum absolute atomic E-state index is 11.9. The molecule has 0 radical (unpaired) electrons. The van der Waals surface area contributed by atoms with Crippen molar-refractivity contribution in [1.82, 2.24) is 0 Å². The van der Waals surface area contributed by atoms with E-state index in [1.54, 1.807) is 13.8 Å². The molecule has 102 valence electrons. The zero-order valence-electron chi connectivity index (χ0n) is 9.28. The molecular weight excluding hydrogens is 265 g/mol. The highest BCUT2D eigenvalue weighted by atomic mass is 32.2. The van der Waals surface area contributed by atoms with Crippen molar-refractivity contribution in [3.05, 3.63) is 0 Å². The first-order chi connectivity index (χ1) is 7.54. The second kappa shape index (κ2) is 4.71. The molecule has 0 aliphatic carbocycles. The van der Waals surface area contributed by atoms with E-state index in [0.29, 0.717) is 0 Å². The van der Waals surface area contributed by atoms with Crippen molar-refractivity contribution in [3.8, 4) is 0 Å². The van der Waals surface area contributed by atoms with Crippen LogP contribution in [-0.4, -0.2) is 39.0 Å². The summed E-state index contributed by atoms with van der Waals surface area (Å²) in [6.45, 7) is 2.91. The third kappa shape index (κ3) is 4.09. The van der Waals surface area contributed by atoms with Crippen LogP contribution in [-0.2, 0) is 23.8 Å². The highest BCUT2D eigenvalue weighted by molar-refractivity contribution is 7.87. The van der Waals surface area contributed by atoms with Gasteiger partial charge in [-0.3, -0.25) is 4.18 Å². The van der Waals surface area contributed by atoms with Gasteiger partial charge in [0.25, 0.3) is 0 Å². The predicted molar refractivity (Wildman–Crippen MR) is 50.4 cm³/mol. The molecule has 0 saturated carbocycles. The number of hydrogen-bond acceptors (Lipinski definition) is 5. The Labute approximate surface area is 97.0 Å². The van der Waals surface area contributed by atoms with Crippen molar-refractivity contribution in [2.24, 2.45) is 0 Å². The molecule has 0 bridgehead atoms. The van der Waals surface area contributed by atoms with Crippen LogP contribution < -0.4 is 0 Å². The van der Waals surface area contributed by atoms with Crippen molar-refractivity contribution in [2.45, 2.75) is 37.7 Å². The van der Waals surface area contributed by atoms with Gasteiger partial charge in [-0.15, -0.1) is 0 Å². The van der Waals surface area contributed by atoms with E-state index in [2.05, 4.69) is 4.18 Å². The van der Waals surface area contributed by atoms with Gasteiger partial charge in [-0.25, -0.2) is 0 Å². The Morgan fingerprint density at radius 2 is 2.00 bits per heavy atom. The van der Waals surface area contributed by atoms with Crippen molar-refractivity contribution in [3.63, 3.8) is 0 Å². The zero-order chi connectivity index (χ0) is 13.3. The lowest BCUT2D eigenvalue weighted by atomic mass is 10.3. The molecule has 0 N–H and O–H groups in total. The third-order valence-electron chi connectivity index (χ3n) is 2.03. The molecule has 1 aliphatic heterocycles. The van der Waals surface area contributed by atoms with E-state index >= 15 is 0 Å². The summed E-state index contributed by atoms with van der Waals surface area (Å²) < 4.78 is 71.0. The lowest BCUT2D eigenvalue weighted by Gasteiger charge is -2.17. The second-order valence-electron chi connectivity index (χ2n) is 3.96. The number of alkyl halides is 3. The van der Waals surface area contributed by atoms with Crippen molar-refractivity contribution in [1.29, 1.82) is 0 Å². The normalized spacial score (nSPS) is 25.1. The van der Waals surface area contributed by atoms with Crippen LogP contribution >= 0.6 is 0 Å². The minimum absolute atomic E-state index is 0.0126. The summed E-state index contributed by atoms with van der Waals surface area (Å²) in [6, 6.07) is 0. The second-order valence-corrected chi connectivity index (χ2v) is 5.57. The summed E-state index contributed by atoms with van der Waals surface area (Å²) in [5.41, 5.74) is -5.39. The highest BCUT2D eigenvalue weighted by Crippen LogP contribution is 2.26. The van der Waals surface area contributed by atoms with Gasteiger partial charge in [-0.2, -0.15) is 21.6 Å². The van der Waals surface area contributed by atoms with Crippen LogP contribution in [0.4, 0.5) is 13.2 Å². The Morgan fingerprint density at radius 1 is 1.41 bits per heavy atom. The minimum atomic E-state index is -5.51. The maximum atomic E-state index is 11.9. The Kier molecular flexibility index (Phi) is 4.07. The van der Waals surface area contributed by atoms with Crippen LogP contribution in [0.5, 0.6) is 0 Å². The largest absolute Gasteiger partial charge is 0.523 e. The van der Waals surface area contributed by atoms with Gasteiger partial charge in [0.15, 0.2) is 5.79 Å². The van der Waals surface area contributed by atoms with E-state index in [-0.39, 0.29) is 13.0 Å². The Morgan fingerprint density at radius 3 is 2.41 bits per heavy atom. The molecule has 9 heteroatoms. The molecule has 1 heterocycles. The Hall–Kier alpha value is -0.380. The number of halogens is 3. The van der Waals surface area contributed by atoms with Gasteiger partial charge in [0.05, 0.1) is 19.3 Å². The highest BCUT2D eigenvalue weighted by Gasteiger charge is 2.47. The van der Waals surface area contributed by atoms with E-state index in [0.717, 1.165) is 0 Å². The summed E-state index contributed by atoms with van der Waals surface area (Å²) in [6.07, 6.45) is -0.452. The molecule has 0 spiro atoms. The zero-order valence-corrected chi connectivity index (χ0v) is 10.1. The minimum Gasteiger partial charge on any atom is -0.348 e. The van der Waals surface area contributed by atoms with Gasteiger partial charge in [0.1, 0.15) is 0 Å². The van der Waals surface area contributed by atoms with Crippen molar-refractivity contribution < 1.29 is 35.2 Å². The fraction of sp³-hybridized carbons (Fsp3) is 1.00. The van der Waals surface area contributed by atoms with E-state index in [1.165, 1.54) is 0 Å². The first-order valence-electron chi connectivity index (χ1n) is 4.81. The lowest BCUT2D eigenvalue weighted by Crippen LogP contribution is -2.27. The van der Waals surface area contributed by atoms with E-state index < -0.39 is 34.1 Å². The molecule has 1 rings (SSSR count). The van der Waals surface area contributed by atoms with Gasteiger partial charge in [0, 0.05) is 6.42 Å². The summed E-state index contributed by atoms with van der Waals surface area (Å²) in [5.74, 6) is -0.798. The molecule has 0 unspecified atom stereocenters. The van der Waals surface area contributed by atoms with Crippen LogP contribution in [0.1, 0.15) is 20.3 Å². The third-order valence-corrected chi connectivity index (χ3v) is 3.07. The van der Waals surface area contributed by atoms with Gasteiger partial charge in [-0.1, -0.05) is 0 Å². The van der Waals surface area contributed by atoms with Crippen LogP contribution in [0.2, 0.25) is 0 Å². The van der Waals surface area contributed by atoms with Crippen LogP contribution in [0.25, 0.3) is 0 Å². The summed E-state index contributed by atoms with van der Waals surface area (Å²) >= 11 is 0. The van der Waals surface area contributed by atoms with Crippen LogP contribution in [0.3, 0.4) is 0 Å². The first kappa shape index (κ1) is 14.7. The Balaban J connectivity index is 2.35. The molecular formula is C8H13F3O5S. The summed E-state index contributed by atoms with van der Waals surface area (Å²) in [5, 5.41) is 0. The number of rotatable bonds is 4. The standard InChI is InChI=1S/C8H13F3O5S/c1-7(2)14-5-6(16-7)3-4-15-17(12,13)8(9,10)11/h6H,3-5H2,1-2H3/t6-/m0/s1. The molecule has 17 heavy (non-hydrogen) atoms. The fourth-order valence-electron chi connectivity index (χ4n) is 1.26. The van der Waals surface area contributed by atoms with E-state index in [4.69, 9.17) is 9.47 Å². The maximum Gasteiger partial charge on any atom is 0.523 e. The van der Waals surface area contributed by atoms with E-state index in [9.17, 15) is 21.6 Å². The number of hydrogen-bond donors (Lipinski definition) is 0. The summed E-state index contributed by atoms with van der Waals surface area (Å²) in [4.78, 5) is 0. The SMILES string of the molecule is CC1(C)OC[C@H](CCOS(=O)(=O)C(F)(F)F)O1. The molecule has 5 nitrogen and oxygen atoms in total. The van der Waals surface area contributed by atoms with Gasteiger partial charge >= 0.3 is 15.6 Å². The molecule has 1 atom stereocenters. The van der Waals surface area contributed by atoms with Crippen LogP contribution in [0, 0.1) is 0 Å². The molecule has 0 aromatic rings. The molecule has 1 aliphatic rings. The quantitative estimate of drug-likeness (QED) is 0.574. The summed E-state index contributed by atoms with van der Waals surface area (Å²) in [7, 11) is -5.51. The smallest absolute Gasteiger partial charge is 0.348 e. The molecule has 0 amide bonds. The molecule has 0 aromatic heterocycles. The predicted octanol–water partition coefficient (Wildman–Crippen LogP) is 1.39. The fourth-order valence-corrected chi connectivity index (χ4v) is 1.71. The average Bonchev–Trinajstić information content (AvgIpc) is 2.43. The topological polar surface area (TPSA) is 61.8 Å². The first-order valence-corrected chi connectivity index (χ1v) is 6.22.